The third kappa shape index (κ3) is 10.6. The fourth-order valence-corrected chi connectivity index (χ4v) is 10.4. The second-order valence-corrected chi connectivity index (χ2v) is 19.2. The number of aromatic nitrogens is 2. The Labute approximate surface area is 392 Å². The van der Waals surface area contributed by atoms with E-state index >= 15 is 0 Å². The van der Waals surface area contributed by atoms with Crippen molar-refractivity contribution in [1.29, 1.82) is 0 Å². The topological polar surface area (TPSA) is 164 Å². The van der Waals surface area contributed by atoms with E-state index in [1.165, 1.54) is 29.6 Å². The van der Waals surface area contributed by atoms with Gasteiger partial charge in [-0.2, -0.15) is 0 Å². The predicted molar refractivity (Wildman–Crippen MR) is 261 cm³/mol. The molecule has 1 atom stereocenters. The Hall–Kier alpha value is -6.43. The van der Waals surface area contributed by atoms with E-state index in [0.717, 1.165) is 66.2 Å². The van der Waals surface area contributed by atoms with Crippen molar-refractivity contribution in [2.75, 3.05) is 60.2 Å². The van der Waals surface area contributed by atoms with E-state index in [1.807, 2.05) is 78.9 Å². The first-order valence-corrected chi connectivity index (χ1v) is 24.4. The van der Waals surface area contributed by atoms with Crippen LogP contribution in [0.1, 0.15) is 17.5 Å². The Bertz CT molecular complexity index is 2940. The molecule has 2 aliphatic rings. The average molecular weight is 944 g/mol. The summed E-state index contributed by atoms with van der Waals surface area (Å²) in [6.45, 7) is 5.46. The first kappa shape index (κ1) is 44.8. The molecule has 0 amide bonds. The summed E-state index contributed by atoms with van der Waals surface area (Å²) >= 11 is 7.78. The lowest BCUT2D eigenvalue weighted by molar-refractivity contribution is -0.384. The summed E-state index contributed by atoms with van der Waals surface area (Å²) < 4.78 is 41.5. The third-order valence-electron chi connectivity index (χ3n) is 11.6. The number of nitro benzene ring substituents is 1. The largest absolute Gasteiger partial charge is 0.454 e. The van der Waals surface area contributed by atoms with E-state index in [-0.39, 0.29) is 34.9 Å². The molecule has 7 aromatic rings. The molecule has 0 saturated carbocycles. The number of benzene rings is 6. The molecule has 0 aliphatic carbocycles. The van der Waals surface area contributed by atoms with Crippen molar-refractivity contribution in [3.8, 4) is 22.6 Å². The number of piperazine rings is 1. The number of anilines is 3. The van der Waals surface area contributed by atoms with Gasteiger partial charge in [-0.3, -0.25) is 19.7 Å². The summed E-state index contributed by atoms with van der Waals surface area (Å²) in [5.74, 6) is 2.12. The van der Waals surface area contributed by atoms with Gasteiger partial charge in [0, 0.05) is 83.7 Å². The molecule has 17 heteroatoms. The third-order valence-corrected chi connectivity index (χ3v) is 14.4. The fraction of sp³-hybridized carbons (Fsp3) is 0.224. The molecule has 9 rings (SSSR count). The van der Waals surface area contributed by atoms with Crippen LogP contribution in [0, 0.1) is 10.1 Å². The summed E-state index contributed by atoms with van der Waals surface area (Å²) in [6, 6.07) is 41.4. The van der Waals surface area contributed by atoms with E-state index in [1.54, 1.807) is 11.8 Å². The molecule has 2 aliphatic heterocycles. The van der Waals surface area contributed by atoms with Crippen molar-refractivity contribution in [1.82, 2.24) is 20.2 Å². The number of para-hydroxylation sites is 1. The number of rotatable bonds is 18. The minimum absolute atomic E-state index is 0.0747. The van der Waals surface area contributed by atoms with Crippen LogP contribution in [0.4, 0.5) is 22.9 Å². The summed E-state index contributed by atoms with van der Waals surface area (Å²) in [5.41, 5.74) is 5.94. The molecule has 14 nitrogen and oxygen atoms in total. The van der Waals surface area contributed by atoms with Crippen molar-refractivity contribution in [2.24, 2.45) is 0 Å². The number of ether oxygens (including phenoxy) is 2. The van der Waals surface area contributed by atoms with Gasteiger partial charge >= 0.3 is 0 Å². The van der Waals surface area contributed by atoms with Gasteiger partial charge in [-0.15, -0.1) is 11.8 Å². The quantitative estimate of drug-likeness (QED) is 0.0323. The highest BCUT2D eigenvalue weighted by atomic mass is 35.5. The van der Waals surface area contributed by atoms with Gasteiger partial charge in [0.1, 0.15) is 12.0 Å². The van der Waals surface area contributed by atoms with Gasteiger partial charge in [0.25, 0.3) is 15.7 Å². The number of nitrogens with zero attached hydrogens (tertiary/aromatic N) is 5. The molecule has 1 aromatic heterocycles. The number of fused-ring (bicyclic) bond motifs is 2. The van der Waals surface area contributed by atoms with E-state index in [9.17, 15) is 18.5 Å². The molecule has 0 unspecified atom stereocenters. The van der Waals surface area contributed by atoms with Gasteiger partial charge in [0.15, 0.2) is 17.3 Å². The lowest BCUT2D eigenvalue weighted by Crippen LogP contribution is -2.46. The number of sulfonamides is 1. The number of halogens is 1. The van der Waals surface area contributed by atoms with Crippen LogP contribution in [-0.4, -0.2) is 79.5 Å². The Morgan fingerprint density at radius 3 is 2.44 bits per heavy atom. The fourth-order valence-electron chi connectivity index (χ4n) is 8.20. The van der Waals surface area contributed by atoms with E-state index in [0.29, 0.717) is 46.9 Å². The van der Waals surface area contributed by atoms with Crippen molar-refractivity contribution in [3.05, 3.63) is 166 Å². The SMILES string of the molecule is O=[N+]([O-])c1cc(S(=O)(=O)Nc2ncnc3cc(N4CCN(Cc5ccccc5-c5ccc(Cl)cc5)CC4)ccc23)ccc1N[C@H](CCNCc1cccc2c1OCO2)CSc1ccccc1. The molecule has 3 N–H and O–H groups in total. The van der Waals surface area contributed by atoms with Crippen LogP contribution in [0.3, 0.4) is 0 Å². The molecule has 0 bridgehead atoms. The first-order valence-electron chi connectivity index (χ1n) is 21.6. The van der Waals surface area contributed by atoms with Gasteiger partial charge in [-0.25, -0.2) is 18.4 Å². The molecule has 1 fully saturated rings. The van der Waals surface area contributed by atoms with Crippen LogP contribution in [0.2, 0.25) is 5.02 Å². The van der Waals surface area contributed by atoms with Gasteiger partial charge < -0.3 is 25.0 Å². The maximum absolute atomic E-state index is 13.9. The van der Waals surface area contributed by atoms with Gasteiger partial charge in [0.2, 0.25) is 6.79 Å². The monoisotopic (exact) mass is 942 g/mol. The molecule has 1 saturated heterocycles. The average Bonchev–Trinajstić information content (AvgIpc) is 3.83. The Morgan fingerprint density at radius 1 is 0.833 bits per heavy atom. The summed E-state index contributed by atoms with van der Waals surface area (Å²) in [5, 5.41) is 20.5. The molecule has 6 aromatic carbocycles. The Morgan fingerprint density at radius 2 is 1.62 bits per heavy atom. The summed E-state index contributed by atoms with van der Waals surface area (Å²) in [6.07, 6.45) is 1.93. The summed E-state index contributed by atoms with van der Waals surface area (Å²) in [4.78, 5) is 26.2. The van der Waals surface area contributed by atoms with Gasteiger partial charge in [-0.1, -0.05) is 78.3 Å². The molecule has 3 heterocycles. The highest BCUT2D eigenvalue weighted by molar-refractivity contribution is 7.99. The summed E-state index contributed by atoms with van der Waals surface area (Å²) in [7, 11) is -4.31. The van der Waals surface area contributed by atoms with Crippen LogP contribution in [-0.2, 0) is 23.1 Å². The number of nitro groups is 1. The zero-order valence-electron chi connectivity index (χ0n) is 35.8. The van der Waals surface area contributed by atoms with E-state index in [2.05, 4.69) is 71.5 Å². The smallest absolute Gasteiger partial charge is 0.293 e. The minimum atomic E-state index is -4.31. The van der Waals surface area contributed by atoms with E-state index in [4.69, 9.17) is 21.1 Å². The van der Waals surface area contributed by atoms with Crippen LogP contribution in [0.5, 0.6) is 11.5 Å². The number of nitrogens with one attached hydrogen (secondary N) is 3. The number of hydrogen-bond acceptors (Lipinski definition) is 13. The minimum Gasteiger partial charge on any atom is -0.454 e. The number of hydrogen-bond donors (Lipinski definition) is 3. The molecular weight excluding hydrogens is 896 g/mol. The van der Waals surface area contributed by atoms with Crippen molar-refractivity contribution >= 4 is 67.2 Å². The lowest BCUT2D eigenvalue weighted by atomic mass is 9.99. The standard InChI is InChI=1S/C49H47ClN8O6S2/c50-37-15-13-34(14-16-37)42-11-5-4-7-36(42)30-56-23-25-57(26-24-56)39-17-19-43-45(27-39)52-32-53-49(43)55-66(61,62)41-18-20-44(46(28-41)58(59)60)54-38(31-65-40-9-2-1-3-10-40)21-22-51-29-35-8-6-12-47-48(35)64-33-63-47/h1-20,27-28,32,38,51,54H,21-26,29-31,33H2,(H,52,53,55)/t38-/m1/s1. The van der Waals surface area contributed by atoms with Crippen LogP contribution in [0.15, 0.2) is 150 Å². The molecule has 66 heavy (non-hydrogen) atoms. The second-order valence-electron chi connectivity index (χ2n) is 16.0. The molecular formula is C49H47ClN8O6S2. The van der Waals surface area contributed by atoms with Crippen LogP contribution < -0.4 is 29.7 Å². The molecule has 0 spiro atoms. The van der Waals surface area contributed by atoms with Crippen LogP contribution in [0.25, 0.3) is 22.0 Å². The first-order chi connectivity index (χ1) is 32.2. The van der Waals surface area contributed by atoms with Crippen molar-refractivity contribution < 1.29 is 22.8 Å². The maximum Gasteiger partial charge on any atom is 0.293 e. The highest BCUT2D eigenvalue weighted by Gasteiger charge is 2.26. The predicted octanol–water partition coefficient (Wildman–Crippen LogP) is 9.46. The Balaban J connectivity index is 0.854. The Kier molecular flexibility index (Phi) is 13.8. The van der Waals surface area contributed by atoms with Crippen LogP contribution >= 0.6 is 23.4 Å². The zero-order valence-corrected chi connectivity index (χ0v) is 38.2. The molecule has 338 valence electrons. The maximum atomic E-state index is 13.9. The zero-order chi connectivity index (χ0) is 45.5. The molecule has 0 radical (unpaired) electrons. The van der Waals surface area contributed by atoms with Gasteiger partial charge in [-0.05, 0) is 90.3 Å². The lowest BCUT2D eigenvalue weighted by Gasteiger charge is -2.36. The normalized spacial score (nSPS) is 14.3. The van der Waals surface area contributed by atoms with Crippen molar-refractivity contribution in [3.63, 3.8) is 0 Å². The van der Waals surface area contributed by atoms with E-state index < -0.39 is 14.9 Å². The van der Waals surface area contributed by atoms with Gasteiger partial charge in [0.05, 0.1) is 15.3 Å². The van der Waals surface area contributed by atoms with Crippen molar-refractivity contribution in [2.45, 2.75) is 35.3 Å². The number of thioether (sulfide) groups is 1. The second kappa shape index (κ2) is 20.4. The highest BCUT2D eigenvalue weighted by Crippen LogP contribution is 2.36.